The zero-order valence-corrected chi connectivity index (χ0v) is 23.0. The molecule has 11 heteroatoms. The van der Waals surface area contributed by atoms with Crippen molar-refractivity contribution in [1.82, 2.24) is 15.6 Å². The van der Waals surface area contributed by atoms with Gasteiger partial charge in [0.25, 0.3) is 11.9 Å². The second-order valence-corrected chi connectivity index (χ2v) is 10.4. The van der Waals surface area contributed by atoms with Gasteiger partial charge in [-0.2, -0.15) is 0 Å². The lowest BCUT2D eigenvalue weighted by Gasteiger charge is -2.33. The van der Waals surface area contributed by atoms with Crippen LogP contribution in [0.15, 0.2) is 78.9 Å². The summed E-state index contributed by atoms with van der Waals surface area (Å²) in [6.07, 6.45) is -2.84. The van der Waals surface area contributed by atoms with Crippen LogP contribution in [0.4, 0.5) is 0 Å². The Morgan fingerprint density at radius 2 is 1.66 bits per heavy atom. The quantitative estimate of drug-likeness (QED) is 0.207. The summed E-state index contributed by atoms with van der Waals surface area (Å²) < 4.78 is 11.0. The zero-order valence-electron chi connectivity index (χ0n) is 23.0. The number of nitrogens with one attached hydrogen (secondary N) is 2. The molecular formula is C30H34BN3O7. The maximum atomic E-state index is 13.7. The van der Waals surface area contributed by atoms with Crippen molar-refractivity contribution in [3.63, 3.8) is 0 Å². The van der Waals surface area contributed by atoms with Gasteiger partial charge in [-0.1, -0.05) is 80.6 Å². The number of pyridine rings is 1. The Morgan fingerprint density at radius 3 is 2.32 bits per heavy atom. The van der Waals surface area contributed by atoms with Crippen LogP contribution >= 0.6 is 0 Å². The van der Waals surface area contributed by atoms with E-state index < -0.39 is 49.3 Å². The van der Waals surface area contributed by atoms with Crippen LogP contribution in [0.5, 0.6) is 0 Å². The van der Waals surface area contributed by atoms with Crippen LogP contribution in [0.3, 0.4) is 0 Å². The molecule has 0 spiro atoms. The molecular weight excluding hydrogens is 525 g/mol. The lowest BCUT2D eigenvalue weighted by molar-refractivity contribution is -0.163. The van der Waals surface area contributed by atoms with Crippen molar-refractivity contribution in [3.8, 4) is 11.3 Å². The molecule has 0 saturated carbocycles. The van der Waals surface area contributed by atoms with E-state index in [0.717, 1.165) is 11.1 Å². The Hall–Kier alpha value is -4.06. The minimum Gasteiger partial charge on any atom is -0.508 e. The normalized spacial score (nSPS) is 16.7. The average molecular weight is 559 g/mol. The van der Waals surface area contributed by atoms with Crippen LogP contribution in [-0.4, -0.2) is 64.5 Å². The van der Waals surface area contributed by atoms with E-state index in [4.69, 9.17) is 9.31 Å². The van der Waals surface area contributed by atoms with Gasteiger partial charge < -0.3 is 30.2 Å². The molecule has 0 radical (unpaired) electrons. The largest absolute Gasteiger partial charge is 0.551 e. The number of hydrogen-bond acceptors (Lipinski definition) is 8. The third-order valence-electron chi connectivity index (χ3n) is 6.59. The molecule has 2 amide bonds. The Bertz CT molecular complexity index is 1320. The molecule has 0 aliphatic carbocycles. The Morgan fingerprint density at radius 1 is 0.976 bits per heavy atom. The highest BCUT2D eigenvalue weighted by molar-refractivity contribution is 6.49. The topological polar surface area (TPSA) is 147 Å². The van der Waals surface area contributed by atoms with Crippen LogP contribution in [0.25, 0.3) is 11.3 Å². The van der Waals surface area contributed by atoms with Crippen molar-refractivity contribution in [2.45, 2.75) is 57.5 Å². The summed E-state index contributed by atoms with van der Waals surface area (Å²) in [5, 5.41) is 24.9. The molecule has 1 fully saturated rings. The summed E-state index contributed by atoms with van der Waals surface area (Å²) in [5.74, 6) is -2.45. The lowest BCUT2D eigenvalue weighted by atomic mass is 9.72. The van der Waals surface area contributed by atoms with Gasteiger partial charge in [-0.3, -0.25) is 14.4 Å². The van der Waals surface area contributed by atoms with Crippen molar-refractivity contribution in [1.29, 1.82) is 0 Å². The maximum absolute atomic E-state index is 13.7. The second kappa shape index (κ2) is 14.0. The predicted octanol–water partition coefficient (Wildman–Crippen LogP) is 2.29. The minimum absolute atomic E-state index is 0.0640. The molecule has 3 atom stereocenters. The number of aliphatic hydroxyl groups excluding tert-OH is 1. The molecule has 1 aliphatic heterocycles. The molecule has 3 aromatic rings. The van der Waals surface area contributed by atoms with Gasteiger partial charge >= 0.3 is 7.12 Å². The average Bonchev–Trinajstić information content (AvgIpc) is 2.97. The highest BCUT2D eigenvalue weighted by atomic mass is 16.6. The van der Waals surface area contributed by atoms with E-state index in [2.05, 4.69) is 15.6 Å². The van der Waals surface area contributed by atoms with Crippen LogP contribution in [0.2, 0.25) is 0 Å². The molecule has 1 aromatic heterocycles. The summed E-state index contributed by atoms with van der Waals surface area (Å²) in [7, 11) is -1.23. The monoisotopic (exact) mass is 559 g/mol. The molecule has 2 heterocycles. The first kappa shape index (κ1) is 29.9. The SMILES string of the molecule is CC(C)C[C@H](NC(=O)[C@H](Cc1ccccc1)NC(=O)c1cccc(-c2ccccc2)n1)B1OC(=O)C[C@@H](C(O)O)O1. The van der Waals surface area contributed by atoms with Crippen molar-refractivity contribution < 1.29 is 33.9 Å². The summed E-state index contributed by atoms with van der Waals surface area (Å²) >= 11 is 0. The number of aliphatic hydroxyl groups is 2. The van der Waals surface area contributed by atoms with Gasteiger partial charge in [-0.05, 0) is 30.0 Å². The number of aromatic nitrogens is 1. The minimum atomic E-state index is -1.88. The van der Waals surface area contributed by atoms with Crippen LogP contribution in [0.1, 0.15) is 42.7 Å². The van der Waals surface area contributed by atoms with E-state index in [-0.39, 0.29) is 24.5 Å². The maximum Gasteiger partial charge on any atom is 0.551 e. The second-order valence-electron chi connectivity index (χ2n) is 10.4. The van der Waals surface area contributed by atoms with Crippen molar-refractivity contribution >= 4 is 24.9 Å². The van der Waals surface area contributed by atoms with Gasteiger partial charge in [-0.15, -0.1) is 0 Å². The number of rotatable bonds is 11. The number of hydrogen-bond donors (Lipinski definition) is 4. The molecule has 2 aromatic carbocycles. The number of carbonyl (C=O) groups is 3. The molecule has 1 aliphatic rings. The lowest BCUT2D eigenvalue weighted by Crippen LogP contribution is -2.59. The molecule has 10 nitrogen and oxygen atoms in total. The van der Waals surface area contributed by atoms with Crippen molar-refractivity contribution in [2.75, 3.05) is 0 Å². The Kier molecular flexibility index (Phi) is 10.2. The van der Waals surface area contributed by atoms with Crippen molar-refractivity contribution in [2.24, 2.45) is 5.92 Å². The highest BCUT2D eigenvalue weighted by Crippen LogP contribution is 2.20. The zero-order chi connectivity index (χ0) is 29.4. The molecule has 214 valence electrons. The first-order chi connectivity index (χ1) is 19.7. The fraction of sp³-hybridized carbons (Fsp3) is 0.333. The molecule has 41 heavy (non-hydrogen) atoms. The number of nitrogens with zero attached hydrogens (tertiary/aromatic N) is 1. The van der Waals surface area contributed by atoms with E-state index in [1.807, 2.05) is 74.5 Å². The summed E-state index contributed by atoms with van der Waals surface area (Å²) in [4.78, 5) is 43.7. The molecule has 0 unspecified atom stereocenters. The Balaban J connectivity index is 1.56. The van der Waals surface area contributed by atoms with E-state index in [1.165, 1.54) is 0 Å². The number of amides is 2. The van der Waals surface area contributed by atoms with E-state index >= 15 is 0 Å². The fourth-order valence-corrected chi connectivity index (χ4v) is 4.59. The van der Waals surface area contributed by atoms with Gasteiger partial charge in [0.15, 0.2) is 6.29 Å². The van der Waals surface area contributed by atoms with E-state index in [1.54, 1.807) is 18.2 Å². The smallest absolute Gasteiger partial charge is 0.508 e. The third-order valence-corrected chi connectivity index (χ3v) is 6.59. The molecule has 4 rings (SSSR count). The van der Waals surface area contributed by atoms with Gasteiger partial charge in [0.05, 0.1) is 18.1 Å². The summed E-state index contributed by atoms with van der Waals surface area (Å²) in [6, 6.07) is 22.8. The van der Waals surface area contributed by atoms with Crippen LogP contribution in [-0.2, 0) is 25.3 Å². The van der Waals surface area contributed by atoms with Gasteiger partial charge in [0.2, 0.25) is 5.91 Å². The van der Waals surface area contributed by atoms with E-state index in [0.29, 0.717) is 12.1 Å². The van der Waals surface area contributed by atoms with Crippen LogP contribution < -0.4 is 10.6 Å². The fourth-order valence-electron chi connectivity index (χ4n) is 4.59. The highest BCUT2D eigenvalue weighted by Gasteiger charge is 2.44. The van der Waals surface area contributed by atoms with Crippen molar-refractivity contribution in [3.05, 3.63) is 90.1 Å². The predicted molar refractivity (Wildman–Crippen MR) is 152 cm³/mol. The molecule has 4 N–H and O–H groups in total. The Labute approximate surface area is 239 Å². The summed E-state index contributed by atoms with van der Waals surface area (Å²) in [6.45, 7) is 3.85. The molecule has 0 bridgehead atoms. The standard InChI is InChI=1S/C30H34BN3O7/c1-19(2)16-26(31-40-25(30(38)39)18-27(35)41-31)34-29(37)24(17-20-10-5-3-6-11-20)33-28(36)23-15-9-14-22(32-23)21-12-7-4-8-13-21/h3-15,19,24-26,30,38-39H,16-18H2,1-2H3,(H,33,36)(H,34,37)/t24-,25-,26-/m0/s1. The first-order valence-electron chi connectivity index (χ1n) is 13.6. The number of benzene rings is 2. The van der Waals surface area contributed by atoms with Gasteiger partial charge in [0.1, 0.15) is 17.8 Å². The first-order valence-corrected chi connectivity index (χ1v) is 13.6. The summed E-state index contributed by atoms with van der Waals surface area (Å²) in [5.41, 5.74) is 2.45. The third kappa shape index (κ3) is 8.47. The molecule has 1 saturated heterocycles. The van der Waals surface area contributed by atoms with Gasteiger partial charge in [0, 0.05) is 12.0 Å². The number of carbonyl (C=O) groups excluding carboxylic acids is 3. The van der Waals surface area contributed by atoms with E-state index in [9.17, 15) is 24.6 Å². The van der Waals surface area contributed by atoms with Gasteiger partial charge in [-0.25, -0.2) is 4.98 Å². The van der Waals surface area contributed by atoms with Crippen LogP contribution in [0, 0.1) is 5.92 Å².